The average molecular weight is 210 g/mol. The van der Waals surface area contributed by atoms with E-state index in [1.54, 1.807) is 0 Å². The van der Waals surface area contributed by atoms with Crippen molar-refractivity contribution in [2.75, 3.05) is 0 Å². The van der Waals surface area contributed by atoms with E-state index in [-0.39, 0.29) is 6.04 Å². The van der Waals surface area contributed by atoms with Crippen molar-refractivity contribution in [3.05, 3.63) is 34.9 Å². The second-order valence-corrected chi connectivity index (χ2v) is 4.50. The first-order chi connectivity index (χ1) is 6.79. The molecule has 1 aliphatic carbocycles. The van der Waals surface area contributed by atoms with Gasteiger partial charge in [-0.1, -0.05) is 42.6 Å². The van der Waals surface area contributed by atoms with Gasteiger partial charge in [-0.2, -0.15) is 0 Å². The van der Waals surface area contributed by atoms with Crippen LogP contribution in [0.25, 0.3) is 0 Å². The molecule has 1 aliphatic rings. The lowest BCUT2D eigenvalue weighted by Crippen LogP contribution is -2.19. The molecule has 0 saturated heterocycles. The summed E-state index contributed by atoms with van der Waals surface area (Å²) in [5.41, 5.74) is 7.33. The van der Waals surface area contributed by atoms with E-state index in [1.807, 2.05) is 24.3 Å². The van der Waals surface area contributed by atoms with Gasteiger partial charge in [0.25, 0.3) is 0 Å². The summed E-state index contributed by atoms with van der Waals surface area (Å²) in [6.45, 7) is 0. The van der Waals surface area contributed by atoms with Crippen LogP contribution in [0.5, 0.6) is 0 Å². The van der Waals surface area contributed by atoms with Crippen LogP contribution in [0.2, 0.25) is 5.02 Å². The van der Waals surface area contributed by atoms with E-state index in [1.165, 1.54) is 25.7 Å². The first-order valence-corrected chi connectivity index (χ1v) is 5.67. The number of halogens is 1. The minimum atomic E-state index is 0.131. The van der Waals surface area contributed by atoms with Gasteiger partial charge in [0.05, 0.1) is 0 Å². The number of hydrogen-bond donors (Lipinski definition) is 1. The zero-order valence-electron chi connectivity index (χ0n) is 8.25. The van der Waals surface area contributed by atoms with Crippen molar-refractivity contribution in [1.82, 2.24) is 0 Å². The Morgan fingerprint density at radius 3 is 2.50 bits per heavy atom. The highest BCUT2D eigenvalue weighted by molar-refractivity contribution is 6.31. The topological polar surface area (TPSA) is 26.0 Å². The van der Waals surface area contributed by atoms with Crippen LogP contribution < -0.4 is 5.73 Å². The molecule has 2 N–H and O–H groups in total. The van der Waals surface area contributed by atoms with E-state index in [0.29, 0.717) is 5.92 Å². The Hall–Kier alpha value is -0.530. The molecule has 76 valence electrons. The molecule has 0 spiro atoms. The van der Waals surface area contributed by atoms with Gasteiger partial charge in [0.1, 0.15) is 0 Å². The standard InChI is InChI=1S/C12H16ClN/c13-11-8-4-3-7-10(11)12(14)9-5-1-2-6-9/h3-4,7-9,12H,1-2,5-6,14H2/t12-/m0/s1. The molecule has 1 fully saturated rings. The molecule has 2 rings (SSSR count). The van der Waals surface area contributed by atoms with E-state index in [4.69, 9.17) is 17.3 Å². The van der Waals surface area contributed by atoms with E-state index in [9.17, 15) is 0 Å². The minimum absolute atomic E-state index is 0.131. The van der Waals surface area contributed by atoms with Crippen LogP contribution in [0.15, 0.2) is 24.3 Å². The average Bonchev–Trinajstić information content (AvgIpc) is 2.70. The van der Waals surface area contributed by atoms with Gasteiger partial charge in [0.2, 0.25) is 0 Å². The van der Waals surface area contributed by atoms with E-state index in [2.05, 4.69) is 0 Å². The third kappa shape index (κ3) is 1.94. The normalized spacial score (nSPS) is 19.9. The smallest absolute Gasteiger partial charge is 0.0453 e. The molecule has 1 atom stereocenters. The molecule has 1 nitrogen and oxygen atoms in total. The summed E-state index contributed by atoms with van der Waals surface area (Å²) < 4.78 is 0. The summed E-state index contributed by atoms with van der Waals surface area (Å²) in [5.74, 6) is 0.634. The van der Waals surface area contributed by atoms with Crippen molar-refractivity contribution < 1.29 is 0 Å². The predicted octanol–water partition coefficient (Wildman–Crippen LogP) is 3.53. The summed E-state index contributed by atoms with van der Waals surface area (Å²) in [7, 11) is 0. The quantitative estimate of drug-likeness (QED) is 0.793. The molecule has 2 heteroatoms. The summed E-state index contributed by atoms with van der Waals surface area (Å²) in [4.78, 5) is 0. The van der Waals surface area contributed by atoms with Crippen molar-refractivity contribution in [3.63, 3.8) is 0 Å². The van der Waals surface area contributed by atoms with Crippen molar-refractivity contribution >= 4 is 11.6 Å². The Labute approximate surface area is 90.3 Å². The van der Waals surface area contributed by atoms with Gasteiger partial charge in [0, 0.05) is 11.1 Å². The molecule has 0 aliphatic heterocycles. The van der Waals surface area contributed by atoms with E-state index < -0.39 is 0 Å². The highest BCUT2D eigenvalue weighted by Crippen LogP contribution is 2.36. The number of nitrogens with two attached hydrogens (primary N) is 1. The predicted molar refractivity (Wildman–Crippen MR) is 60.3 cm³/mol. The molecule has 1 aromatic carbocycles. The first kappa shape index (κ1) is 10.0. The van der Waals surface area contributed by atoms with Crippen LogP contribution in [0, 0.1) is 5.92 Å². The van der Waals surface area contributed by atoms with Crippen LogP contribution in [0.1, 0.15) is 37.3 Å². The maximum absolute atomic E-state index is 6.22. The summed E-state index contributed by atoms with van der Waals surface area (Å²) in [6, 6.07) is 8.06. The monoisotopic (exact) mass is 209 g/mol. The van der Waals surface area contributed by atoms with Gasteiger partial charge in [-0.25, -0.2) is 0 Å². The highest BCUT2D eigenvalue weighted by Gasteiger charge is 2.24. The number of benzene rings is 1. The molecule has 14 heavy (non-hydrogen) atoms. The lowest BCUT2D eigenvalue weighted by atomic mass is 9.92. The summed E-state index contributed by atoms with van der Waals surface area (Å²) >= 11 is 6.12. The molecule has 0 bridgehead atoms. The fourth-order valence-electron chi connectivity index (χ4n) is 2.32. The molecular formula is C12H16ClN. The summed E-state index contributed by atoms with van der Waals surface area (Å²) in [5, 5.41) is 0.812. The second kappa shape index (κ2) is 4.33. The third-order valence-corrected chi connectivity index (χ3v) is 3.52. The first-order valence-electron chi connectivity index (χ1n) is 5.29. The van der Waals surface area contributed by atoms with Gasteiger partial charge in [-0.3, -0.25) is 0 Å². The fourth-order valence-corrected chi connectivity index (χ4v) is 2.58. The molecule has 1 saturated carbocycles. The van der Waals surface area contributed by atoms with Crippen molar-refractivity contribution in [2.24, 2.45) is 11.7 Å². The highest BCUT2D eigenvalue weighted by atomic mass is 35.5. The van der Waals surface area contributed by atoms with E-state index >= 15 is 0 Å². The van der Waals surface area contributed by atoms with Crippen LogP contribution in [-0.4, -0.2) is 0 Å². The molecule has 0 radical (unpaired) electrons. The maximum Gasteiger partial charge on any atom is 0.0453 e. The molecule has 0 amide bonds. The van der Waals surface area contributed by atoms with Gasteiger partial charge in [0.15, 0.2) is 0 Å². The second-order valence-electron chi connectivity index (χ2n) is 4.09. The number of rotatable bonds is 2. The van der Waals surface area contributed by atoms with Crippen LogP contribution in [0.4, 0.5) is 0 Å². The molecule has 0 aromatic heterocycles. The van der Waals surface area contributed by atoms with Gasteiger partial charge in [-0.15, -0.1) is 0 Å². The molecule has 0 unspecified atom stereocenters. The third-order valence-electron chi connectivity index (χ3n) is 3.17. The van der Waals surface area contributed by atoms with Crippen molar-refractivity contribution in [1.29, 1.82) is 0 Å². The van der Waals surface area contributed by atoms with Crippen LogP contribution >= 0.6 is 11.6 Å². The molecular weight excluding hydrogens is 194 g/mol. The molecule has 1 aromatic rings. The Balaban J connectivity index is 2.17. The lowest BCUT2D eigenvalue weighted by Gasteiger charge is -2.20. The molecule has 0 heterocycles. The zero-order valence-corrected chi connectivity index (χ0v) is 9.00. The van der Waals surface area contributed by atoms with Gasteiger partial charge in [-0.05, 0) is 30.4 Å². The summed E-state index contributed by atoms with van der Waals surface area (Å²) in [6.07, 6.45) is 5.16. The van der Waals surface area contributed by atoms with Crippen LogP contribution in [0.3, 0.4) is 0 Å². The SMILES string of the molecule is N[C@H](c1ccccc1Cl)C1CCCC1. The largest absolute Gasteiger partial charge is 0.324 e. The fraction of sp³-hybridized carbons (Fsp3) is 0.500. The maximum atomic E-state index is 6.22. The van der Waals surface area contributed by atoms with Crippen LogP contribution in [-0.2, 0) is 0 Å². The zero-order chi connectivity index (χ0) is 9.97. The van der Waals surface area contributed by atoms with Gasteiger partial charge >= 0.3 is 0 Å². The van der Waals surface area contributed by atoms with Crippen molar-refractivity contribution in [3.8, 4) is 0 Å². The lowest BCUT2D eigenvalue weighted by molar-refractivity contribution is 0.445. The van der Waals surface area contributed by atoms with Crippen molar-refractivity contribution in [2.45, 2.75) is 31.7 Å². The Kier molecular flexibility index (Phi) is 3.09. The van der Waals surface area contributed by atoms with Gasteiger partial charge < -0.3 is 5.73 Å². The number of hydrogen-bond acceptors (Lipinski definition) is 1. The van der Waals surface area contributed by atoms with E-state index in [0.717, 1.165) is 10.6 Å². The minimum Gasteiger partial charge on any atom is -0.324 e. The Morgan fingerprint density at radius 2 is 1.86 bits per heavy atom. The Bertz CT molecular complexity index is 305. The Morgan fingerprint density at radius 1 is 1.21 bits per heavy atom.